The topological polar surface area (TPSA) is 35.2 Å². The van der Waals surface area contributed by atoms with Gasteiger partial charge < -0.3 is 10.5 Å². The number of rotatable bonds is 8. The molecule has 0 atom stereocenters. The highest BCUT2D eigenvalue weighted by Gasteiger charge is 2.09. The molecule has 1 aromatic carbocycles. The standard InChI is InChI=1S/C16H27NOS/c1-12(2)6-5-9-19-16-13(3)10-14(7-8-17)11-15(16)18-4/h10-12H,5-9,17H2,1-4H3. The predicted molar refractivity (Wildman–Crippen MR) is 85.3 cm³/mol. The van der Waals surface area contributed by atoms with Crippen LogP contribution < -0.4 is 10.5 Å². The van der Waals surface area contributed by atoms with Gasteiger partial charge in [-0.05, 0) is 55.2 Å². The highest BCUT2D eigenvalue weighted by atomic mass is 32.2. The molecule has 0 fully saturated rings. The zero-order chi connectivity index (χ0) is 14.3. The van der Waals surface area contributed by atoms with Gasteiger partial charge >= 0.3 is 0 Å². The maximum absolute atomic E-state index is 5.62. The molecule has 3 heteroatoms. The zero-order valence-corrected chi connectivity index (χ0v) is 13.5. The summed E-state index contributed by atoms with van der Waals surface area (Å²) in [6, 6.07) is 4.37. The Labute approximate surface area is 122 Å². The van der Waals surface area contributed by atoms with Crippen molar-refractivity contribution in [2.45, 2.75) is 44.9 Å². The van der Waals surface area contributed by atoms with Gasteiger partial charge in [-0.1, -0.05) is 26.3 Å². The molecule has 2 N–H and O–H groups in total. The fourth-order valence-electron chi connectivity index (χ4n) is 2.13. The van der Waals surface area contributed by atoms with E-state index in [0.29, 0.717) is 6.54 Å². The molecule has 0 amide bonds. The van der Waals surface area contributed by atoms with Crippen molar-refractivity contribution in [1.29, 1.82) is 0 Å². The summed E-state index contributed by atoms with van der Waals surface area (Å²) < 4.78 is 5.53. The van der Waals surface area contributed by atoms with Crippen LogP contribution in [0, 0.1) is 12.8 Å². The van der Waals surface area contributed by atoms with E-state index in [-0.39, 0.29) is 0 Å². The van der Waals surface area contributed by atoms with Gasteiger partial charge in [0.2, 0.25) is 0 Å². The molecular weight excluding hydrogens is 254 g/mol. The minimum absolute atomic E-state index is 0.684. The fourth-order valence-corrected chi connectivity index (χ4v) is 3.21. The van der Waals surface area contributed by atoms with Gasteiger partial charge in [-0.15, -0.1) is 11.8 Å². The number of ether oxygens (including phenoxy) is 1. The summed E-state index contributed by atoms with van der Waals surface area (Å²) in [5.74, 6) is 2.94. The lowest BCUT2D eigenvalue weighted by atomic mass is 10.1. The van der Waals surface area contributed by atoms with Crippen LogP contribution in [0.1, 0.15) is 37.8 Å². The molecule has 0 aliphatic carbocycles. The van der Waals surface area contributed by atoms with E-state index in [1.54, 1.807) is 7.11 Å². The Morgan fingerprint density at radius 1 is 1.32 bits per heavy atom. The van der Waals surface area contributed by atoms with Crippen molar-refractivity contribution in [2.75, 3.05) is 19.4 Å². The molecule has 0 heterocycles. The lowest BCUT2D eigenvalue weighted by Crippen LogP contribution is -2.03. The number of aryl methyl sites for hydroxylation is 1. The van der Waals surface area contributed by atoms with Crippen molar-refractivity contribution in [3.63, 3.8) is 0 Å². The molecule has 2 nitrogen and oxygen atoms in total. The van der Waals surface area contributed by atoms with Gasteiger partial charge in [-0.2, -0.15) is 0 Å². The minimum atomic E-state index is 0.684. The molecule has 0 bridgehead atoms. The van der Waals surface area contributed by atoms with Crippen LogP contribution in [-0.2, 0) is 6.42 Å². The molecule has 0 spiro atoms. The number of benzene rings is 1. The normalized spacial score (nSPS) is 11.1. The number of hydrogen-bond acceptors (Lipinski definition) is 3. The van der Waals surface area contributed by atoms with Crippen LogP contribution >= 0.6 is 11.8 Å². The fraction of sp³-hybridized carbons (Fsp3) is 0.625. The average molecular weight is 281 g/mol. The summed E-state index contributed by atoms with van der Waals surface area (Å²) in [7, 11) is 1.75. The first-order chi connectivity index (χ1) is 9.08. The third-order valence-corrected chi connectivity index (χ3v) is 4.43. The summed E-state index contributed by atoms with van der Waals surface area (Å²) in [4.78, 5) is 1.28. The summed E-state index contributed by atoms with van der Waals surface area (Å²) in [6.45, 7) is 7.40. The van der Waals surface area contributed by atoms with Gasteiger partial charge in [0.05, 0.1) is 12.0 Å². The van der Waals surface area contributed by atoms with Gasteiger partial charge in [0.15, 0.2) is 0 Å². The Morgan fingerprint density at radius 3 is 2.63 bits per heavy atom. The third kappa shape index (κ3) is 5.45. The molecule has 19 heavy (non-hydrogen) atoms. The number of nitrogens with two attached hydrogens (primary N) is 1. The largest absolute Gasteiger partial charge is 0.496 e. The first kappa shape index (κ1) is 16.4. The van der Waals surface area contributed by atoms with E-state index in [9.17, 15) is 0 Å². The molecule has 0 aromatic heterocycles. The number of methoxy groups -OCH3 is 1. The van der Waals surface area contributed by atoms with Crippen LogP contribution in [0.15, 0.2) is 17.0 Å². The van der Waals surface area contributed by atoms with Crippen molar-refractivity contribution < 1.29 is 4.74 Å². The van der Waals surface area contributed by atoms with Crippen LogP contribution in [0.2, 0.25) is 0 Å². The van der Waals surface area contributed by atoms with Crippen molar-refractivity contribution in [2.24, 2.45) is 11.7 Å². The van der Waals surface area contributed by atoms with Gasteiger partial charge in [0.25, 0.3) is 0 Å². The Balaban J connectivity index is 2.70. The summed E-state index contributed by atoms with van der Waals surface area (Å²) >= 11 is 1.91. The Bertz CT molecular complexity index is 391. The van der Waals surface area contributed by atoms with E-state index in [0.717, 1.165) is 23.8 Å². The van der Waals surface area contributed by atoms with Crippen LogP contribution in [-0.4, -0.2) is 19.4 Å². The van der Waals surface area contributed by atoms with Crippen LogP contribution in [0.4, 0.5) is 0 Å². The molecule has 0 saturated heterocycles. The van der Waals surface area contributed by atoms with E-state index in [1.807, 2.05) is 11.8 Å². The van der Waals surface area contributed by atoms with Gasteiger partial charge in [0, 0.05) is 0 Å². The number of thioether (sulfide) groups is 1. The maximum atomic E-state index is 5.62. The monoisotopic (exact) mass is 281 g/mol. The van der Waals surface area contributed by atoms with E-state index in [4.69, 9.17) is 10.5 Å². The first-order valence-electron chi connectivity index (χ1n) is 7.08. The Hall–Kier alpha value is -0.670. The second-order valence-corrected chi connectivity index (χ2v) is 6.47. The molecule has 1 rings (SSSR count). The predicted octanol–water partition coefficient (Wildman–Crippen LogP) is 4.03. The van der Waals surface area contributed by atoms with E-state index >= 15 is 0 Å². The highest BCUT2D eigenvalue weighted by molar-refractivity contribution is 7.99. The van der Waals surface area contributed by atoms with Crippen molar-refractivity contribution >= 4 is 11.8 Å². The molecule has 0 unspecified atom stereocenters. The smallest absolute Gasteiger partial charge is 0.132 e. The Morgan fingerprint density at radius 2 is 2.05 bits per heavy atom. The molecule has 0 aliphatic rings. The summed E-state index contributed by atoms with van der Waals surface area (Å²) in [5, 5.41) is 0. The molecule has 0 aliphatic heterocycles. The molecule has 108 valence electrons. The van der Waals surface area contributed by atoms with Crippen LogP contribution in [0.3, 0.4) is 0 Å². The molecule has 0 radical (unpaired) electrons. The first-order valence-corrected chi connectivity index (χ1v) is 8.07. The lowest BCUT2D eigenvalue weighted by molar-refractivity contribution is 0.403. The maximum Gasteiger partial charge on any atom is 0.132 e. The van der Waals surface area contributed by atoms with Gasteiger partial charge in [-0.3, -0.25) is 0 Å². The van der Waals surface area contributed by atoms with Crippen LogP contribution in [0.5, 0.6) is 5.75 Å². The van der Waals surface area contributed by atoms with Crippen molar-refractivity contribution in [3.8, 4) is 5.75 Å². The molecule has 0 saturated carbocycles. The van der Waals surface area contributed by atoms with Crippen molar-refractivity contribution in [3.05, 3.63) is 23.3 Å². The van der Waals surface area contributed by atoms with Gasteiger partial charge in [0.1, 0.15) is 5.75 Å². The molecule has 1 aromatic rings. The van der Waals surface area contributed by atoms with Crippen molar-refractivity contribution in [1.82, 2.24) is 0 Å². The minimum Gasteiger partial charge on any atom is -0.496 e. The van der Waals surface area contributed by atoms with E-state index in [2.05, 4.69) is 32.9 Å². The SMILES string of the molecule is COc1cc(CCN)cc(C)c1SCCCC(C)C. The Kier molecular flexibility index (Phi) is 7.32. The van der Waals surface area contributed by atoms with E-state index in [1.165, 1.54) is 28.9 Å². The average Bonchev–Trinajstić information content (AvgIpc) is 2.36. The quantitative estimate of drug-likeness (QED) is 0.577. The second-order valence-electron chi connectivity index (χ2n) is 5.37. The van der Waals surface area contributed by atoms with Gasteiger partial charge in [-0.25, -0.2) is 0 Å². The second kappa shape index (κ2) is 8.49. The molecular formula is C16H27NOS. The highest BCUT2D eigenvalue weighted by Crippen LogP contribution is 2.34. The van der Waals surface area contributed by atoms with Crippen LogP contribution in [0.25, 0.3) is 0 Å². The zero-order valence-electron chi connectivity index (χ0n) is 12.7. The number of hydrogen-bond donors (Lipinski definition) is 1. The summed E-state index contributed by atoms with van der Waals surface area (Å²) in [6.07, 6.45) is 3.46. The third-order valence-electron chi connectivity index (χ3n) is 3.13. The van der Waals surface area contributed by atoms with E-state index < -0.39 is 0 Å². The summed E-state index contributed by atoms with van der Waals surface area (Å²) in [5.41, 5.74) is 8.19. The lowest BCUT2D eigenvalue weighted by Gasteiger charge is -2.14.